The molecular weight excluding hydrogens is 304 g/mol. The molecule has 0 radical (unpaired) electrons. The molecular formula is C19H32O3Si. The molecule has 1 aromatic carbocycles. The third kappa shape index (κ3) is 4.89. The molecule has 0 aromatic heterocycles. The lowest BCUT2D eigenvalue weighted by atomic mass is 10.1. The molecule has 3 atom stereocenters. The standard InChI is InChI=1S/C19H32O3Si/c1-19(2,3)23(4,5)22-18-12-11-17(20)16(18)14-21-13-15-9-7-6-8-10-15/h6-10,16-18,20H,11-14H2,1-5H3/t16-,17?,18-/m0/s1. The minimum absolute atomic E-state index is 0.0906. The van der Waals surface area contributed by atoms with Crippen LogP contribution in [0.3, 0.4) is 0 Å². The van der Waals surface area contributed by atoms with Crippen LogP contribution in [0.25, 0.3) is 0 Å². The van der Waals surface area contributed by atoms with E-state index in [-0.39, 0.29) is 23.2 Å². The molecule has 1 aliphatic rings. The van der Waals surface area contributed by atoms with Crippen LogP contribution in [0.1, 0.15) is 39.2 Å². The second-order valence-corrected chi connectivity index (χ2v) is 13.0. The van der Waals surface area contributed by atoms with Gasteiger partial charge in [-0.1, -0.05) is 51.1 Å². The number of hydrogen-bond acceptors (Lipinski definition) is 3. The summed E-state index contributed by atoms with van der Waals surface area (Å²) in [6.45, 7) is 12.5. The van der Waals surface area contributed by atoms with Gasteiger partial charge in [0.05, 0.1) is 25.4 Å². The number of hydrogen-bond donors (Lipinski definition) is 1. The van der Waals surface area contributed by atoms with Crippen molar-refractivity contribution in [2.75, 3.05) is 6.61 Å². The lowest BCUT2D eigenvalue weighted by Crippen LogP contribution is -2.46. The molecule has 3 nitrogen and oxygen atoms in total. The van der Waals surface area contributed by atoms with E-state index in [1.807, 2.05) is 18.2 Å². The van der Waals surface area contributed by atoms with Crippen molar-refractivity contribution in [1.82, 2.24) is 0 Å². The zero-order chi connectivity index (χ0) is 17.1. The molecule has 2 rings (SSSR count). The van der Waals surface area contributed by atoms with Crippen molar-refractivity contribution < 1.29 is 14.3 Å². The highest BCUT2D eigenvalue weighted by Crippen LogP contribution is 2.41. The van der Waals surface area contributed by atoms with Crippen LogP contribution < -0.4 is 0 Å². The Hall–Kier alpha value is -0.683. The van der Waals surface area contributed by atoms with E-state index >= 15 is 0 Å². The Labute approximate surface area is 142 Å². The SMILES string of the molecule is CC(C)(C)[Si](C)(C)O[C@H]1CCC(O)[C@@H]1COCc1ccccc1. The summed E-state index contributed by atoms with van der Waals surface area (Å²) in [5, 5.41) is 10.5. The van der Waals surface area contributed by atoms with Crippen LogP contribution in [-0.4, -0.2) is 32.2 Å². The molecule has 1 fully saturated rings. The van der Waals surface area contributed by atoms with E-state index in [1.54, 1.807) is 0 Å². The van der Waals surface area contributed by atoms with E-state index in [1.165, 1.54) is 5.56 Å². The average Bonchev–Trinajstić information content (AvgIpc) is 2.79. The molecule has 0 aliphatic heterocycles. The van der Waals surface area contributed by atoms with Crippen LogP contribution in [0.4, 0.5) is 0 Å². The fourth-order valence-electron chi connectivity index (χ4n) is 2.82. The number of ether oxygens (including phenoxy) is 1. The zero-order valence-electron chi connectivity index (χ0n) is 15.2. The van der Waals surface area contributed by atoms with E-state index in [0.29, 0.717) is 13.2 Å². The van der Waals surface area contributed by atoms with Gasteiger partial charge in [-0.2, -0.15) is 0 Å². The number of aliphatic hydroxyl groups excluding tert-OH is 1. The normalized spacial score (nSPS) is 25.7. The Kier molecular flexibility index (Phi) is 6.06. The molecule has 1 saturated carbocycles. The Balaban J connectivity index is 1.91. The van der Waals surface area contributed by atoms with Gasteiger partial charge in [-0.05, 0) is 36.5 Å². The van der Waals surface area contributed by atoms with Crippen molar-refractivity contribution >= 4 is 8.32 Å². The molecule has 0 heterocycles. The van der Waals surface area contributed by atoms with E-state index in [2.05, 4.69) is 46.0 Å². The third-order valence-electron chi connectivity index (χ3n) is 5.39. The maximum atomic E-state index is 10.3. The molecule has 0 amide bonds. The van der Waals surface area contributed by atoms with Crippen molar-refractivity contribution in [1.29, 1.82) is 0 Å². The molecule has 0 saturated heterocycles. The van der Waals surface area contributed by atoms with E-state index in [4.69, 9.17) is 9.16 Å². The number of aliphatic hydroxyl groups is 1. The molecule has 130 valence electrons. The van der Waals surface area contributed by atoms with Gasteiger partial charge >= 0.3 is 0 Å². The first-order valence-corrected chi connectivity index (χ1v) is 11.6. The first-order valence-electron chi connectivity index (χ1n) is 8.68. The van der Waals surface area contributed by atoms with Crippen molar-refractivity contribution in [2.24, 2.45) is 5.92 Å². The Morgan fingerprint density at radius 3 is 2.39 bits per heavy atom. The van der Waals surface area contributed by atoms with Crippen molar-refractivity contribution in [3.8, 4) is 0 Å². The first-order chi connectivity index (χ1) is 10.7. The molecule has 4 heteroatoms. The topological polar surface area (TPSA) is 38.7 Å². The van der Waals surface area contributed by atoms with E-state index in [0.717, 1.165) is 12.8 Å². The summed E-state index contributed by atoms with van der Waals surface area (Å²) in [6.07, 6.45) is 1.58. The minimum atomic E-state index is -1.81. The number of benzene rings is 1. The molecule has 0 bridgehead atoms. The molecule has 1 aliphatic carbocycles. The maximum absolute atomic E-state index is 10.3. The Morgan fingerprint density at radius 1 is 1.13 bits per heavy atom. The van der Waals surface area contributed by atoms with Crippen molar-refractivity contribution in [3.63, 3.8) is 0 Å². The van der Waals surface area contributed by atoms with Crippen molar-refractivity contribution in [2.45, 2.75) is 70.6 Å². The summed E-state index contributed by atoms with van der Waals surface area (Å²) >= 11 is 0. The van der Waals surface area contributed by atoms with Gasteiger partial charge in [0.15, 0.2) is 8.32 Å². The van der Waals surface area contributed by atoms with Crippen LogP contribution >= 0.6 is 0 Å². The zero-order valence-corrected chi connectivity index (χ0v) is 16.2. The molecule has 1 N–H and O–H groups in total. The van der Waals surface area contributed by atoms with E-state index < -0.39 is 8.32 Å². The summed E-state index contributed by atoms with van der Waals surface area (Å²) in [4.78, 5) is 0. The summed E-state index contributed by atoms with van der Waals surface area (Å²) in [5.41, 5.74) is 1.17. The Morgan fingerprint density at radius 2 is 1.78 bits per heavy atom. The van der Waals surface area contributed by atoms with Crippen LogP contribution in [-0.2, 0) is 15.8 Å². The van der Waals surface area contributed by atoms with Gasteiger partial charge in [-0.3, -0.25) is 0 Å². The van der Waals surface area contributed by atoms with Gasteiger partial charge in [-0.15, -0.1) is 0 Å². The lowest BCUT2D eigenvalue weighted by molar-refractivity contribution is -0.00350. The van der Waals surface area contributed by atoms with Gasteiger partial charge in [0.1, 0.15) is 0 Å². The lowest BCUT2D eigenvalue weighted by Gasteiger charge is -2.40. The first kappa shape index (κ1) is 18.7. The van der Waals surface area contributed by atoms with Crippen LogP contribution in [0, 0.1) is 5.92 Å². The van der Waals surface area contributed by atoms with Crippen LogP contribution in [0.2, 0.25) is 18.1 Å². The van der Waals surface area contributed by atoms with Crippen molar-refractivity contribution in [3.05, 3.63) is 35.9 Å². The summed E-state index contributed by atoms with van der Waals surface area (Å²) in [7, 11) is -1.81. The highest BCUT2D eigenvalue weighted by molar-refractivity contribution is 6.74. The average molecular weight is 337 g/mol. The number of rotatable bonds is 6. The van der Waals surface area contributed by atoms with Gasteiger partial charge in [0, 0.05) is 5.92 Å². The molecule has 0 spiro atoms. The van der Waals surface area contributed by atoms with Gasteiger partial charge in [0.2, 0.25) is 0 Å². The predicted molar refractivity (Wildman–Crippen MR) is 96.9 cm³/mol. The fourth-order valence-corrected chi connectivity index (χ4v) is 4.22. The maximum Gasteiger partial charge on any atom is 0.192 e. The third-order valence-corrected chi connectivity index (χ3v) is 9.90. The quantitative estimate of drug-likeness (QED) is 0.784. The van der Waals surface area contributed by atoms with Crippen LogP contribution in [0.15, 0.2) is 30.3 Å². The van der Waals surface area contributed by atoms with Gasteiger partial charge in [0.25, 0.3) is 0 Å². The molecule has 1 unspecified atom stereocenters. The predicted octanol–water partition coefficient (Wildman–Crippen LogP) is 4.36. The van der Waals surface area contributed by atoms with Gasteiger partial charge < -0.3 is 14.3 Å². The minimum Gasteiger partial charge on any atom is -0.413 e. The second-order valence-electron chi connectivity index (χ2n) is 8.23. The highest BCUT2D eigenvalue weighted by atomic mass is 28.4. The molecule has 23 heavy (non-hydrogen) atoms. The summed E-state index contributed by atoms with van der Waals surface area (Å²) in [6, 6.07) is 10.2. The van der Waals surface area contributed by atoms with Gasteiger partial charge in [-0.25, -0.2) is 0 Å². The summed E-state index contributed by atoms with van der Waals surface area (Å²) < 4.78 is 12.4. The second kappa shape index (κ2) is 7.47. The highest BCUT2D eigenvalue weighted by Gasteiger charge is 2.44. The summed E-state index contributed by atoms with van der Waals surface area (Å²) in [5.74, 6) is 0.0906. The fraction of sp³-hybridized carbons (Fsp3) is 0.684. The monoisotopic (exact) mass is 336 g/mol. The van der Waals surface area contributed by atoms with E-state index in [9.17, 15) is 5.11 Å². The van der Waals surface area contributed by atoms with Crippen LogP contribution in [0.5, 0.6) is 0 Å². The molecule has 1 aromatic rings. The smallest absolute Gasteiger partial charge is 0.192 e. The Bertz CT molecular complexity index is 481. The largest absolute Gasteiger partial charge is 0.413 e.